The molecule has 2 rings (SSSR count). The molecule has 2 aromatic carbocycles. The van der Waals surface area contributed by atoms with E-state index in [9.17, 15) is 9.59 Å². The summed E-state index contributed by atoms with van der Waals surface area (Å²) in [5.74, 6) is -0.262. The van der Waals surface area contributed by atoms with E-state index in [4.69, 9.17) is 11.6 Å². The minimum absolute atomic E-state index is 0.0680. The van der Waals surface area contributed by atoms with E-state index < -0.39 is 6.04 Å². The first-order chi connectivity index (χ1) is 12.4. The molecule has 2 amide bonds. The van der Waals surface area contributed by atoms with Gasteiger partial charge < -0.3 is 10.2 Å². The molecule has 0 aliphatic heterocycles. The zero-order chi connectivity index (χ0) is 19.1. The molecule has 0 saturated carbocycles. The van der Waals surface area contributed by atoms with E-state index >= 15 is 0 Å². The van der Waals surface area contributed by atoms with E-state index in [2.05, 4.69) is 5.32 Å². The van der Waals surface area contributed by atoms with Crippen LogP contribution in [-0.4, -0.2) is 29.8 Å². The Kier molecular flexibility index (Phi) is 7.22. The summed E-state index contributed by atoms with van der Waals surface area (Å²) in [6.45, 7) is 4.08. The zero-order valence-corrected chi connectivity index (χ0v) is 16.2. The number of carbonyl (C=O) groups is 2. The number of likely N-dealkylation sites (N-methyl/N-ethyl adjacent to an activating group) is 1. The second kappa shape index (κ2) is 9.39. The molecule has 0 aliphatic carbocycles. The Hall–Kier alpha value is -2.33. The lowest BCUT2D eigenvalue weighted by molar-refractivity contribution is -0.140. The van der Waals surface area contributed by atoms with Crippen molar-refractivity contribution in [1.82, 2.24) is 10.2 Å². The van der Waals surface area contributed by atoms with Crippen LogP contribution in [0.5, 0.6) is 0 Å². The summed E-state index contributed by atoms with van der Waals surface area (Å²) >= 11 is 6.24. The molecule has 26 heavy (non-hydrogen) atoms. The average Bonchev–Trinajstić information content (AvgIpc) is 2.65. The predicted octanol–water partition coefficient (Wildman–Crippen LogP) is 3.74. The average molecular weight is 373 g/mol. The number of aryl methyl sites for hydroxylation is 2. The maximum atomic E-state index is 12.9. The Morgan fingerprint density at radius 3 is 2.38 bits per heavy atom. The Bertz CT molecular complexity index is 759. The Labute approximate surface area is 160 Å². The minimum Gasteiger partial charge on any atom is -0.357 e. The number of nitrogens with zero attached hydrogens (tertiary/aromatic N) is 1. The highest BCUT2D eigenvalue weighted by Crippen LogP contribution is 2.19. The maximum Gasteiger partial charge on any atom is 0.242 e. The molecule has 1 N–H and O–H groups in total. The van der Waals surface area contributed by atoms with Crippen molar-refractivity contribution < 1.29 is 9.59 Å². The fourth-order valence-electron chi connectivity index (χ4n) is 2.75. The van der Waals surface area contributed by atoms with Crippen LogP contribution in [0.4, 0.5) is 0 Å². The van der Waals surface area contributed by atoms with Gasteiger partial charge in [-0.2, -0.15) is 0 Å². The lowest BCUT2D eigenvalue weighted by Gasteiger charge is -2.28. The van der Waals surface area contributed by atoms with Gasteiger partial charge in [0.2, 0.25) is 11.8 Å². The second-order valence-electron chi connectivity index (χ2n) is 6.39. The molecule has 0 aromatic heterocycles. The van der Waals surface area contributed by atoms with Crippen LogP contribution in [0.2, 0.25) is 5.02 Å². The van der Waals surface area contributed by atoms with Crippen molar-refractivity contribution in [2.75, 3.05) is 7.05 Å². The third-order valence-corrected chi connectivity index (χ3v) is 4.83. The van der Waals surface area contributed by atoms with E-state index in [0.717, 1.165) is 11.1 Å². The first-order valence-corrected chi connectivity index (χ1v) is 9.10. The maximum absolute atomic E-state index is 12.9. The summed E-state index contributed by atoms with van der Waals surface area (Å²) in [6.07, 6.45) is 0.980. The number of nitrogens with one attached hydrogen (secondary N) is 1. The van der Waals surface area contributed by atoms with Crippen LogP contribution in [0.15, 0.2) is 48.5 Å². The summed E-state index contributed by atoms with van der Waals surface area (Å²) in [7, 11) is 1.57. The van der Waals surface area contributed by atoms with Gasteiger partial charge in [0.05, 0.1) is 0 Å². The smallest absolute Gasteiger partial charge is 0.242 e. The van der Waals surface area contributed by atoms with E-state index in [0.29, 0.717) is 24.4 Å². The number of rotatable bonds is 7. The number of hydrogen-bond acceptors (Lipinski definition) is 2. The minimum atomic E-state index is -0.568. The molecule has 0 spiro atoms. The lowest BCUT2D eigenvalue weighted by Crippen LogP contribution is -2.46. The third-order valence-electron chi connectivity index (χ3n) is 4.46. The molecular weight excluding hydrogens is 348 g/mol. The number of carbonyl (C=O) groups excluding carboxylic acids is 2. The second-order valence-corrected chi connectivity index (χ2v) is 6.80. The van der Waals surface area contributed by atoms with Crippen molar-refractivity contribution in [2.45, 2.75) is 39.3 Å². The van der Waals surface area contributed by atoms with Gasteiger partial charge in [-0.05, 0) is 37.5 Å². The van der Waals surface area contributed by atoms with Gasteiger partial charge in [0, 0.05) is 25.0 Å². The summed E-state index contributed by atoms with van der Waals surface area (Å²) in [5, 5.41) is 3.21. The highest BCUT2D eigenvalue weighted by atomic mass is 35.5. The molecule has 138 valence electrons. The number of amides is 2. The van der Waals surface area contributed by atoms with Crippen LogP contribution in [0, 0.1) is 6.92 Å². The Balaban J connectivity index is 2.13. The van der Waals surface area contributed by atoms with Crippen LogP contribution >= 0.6 is 11.6 Å². The van der Waals surface area contributed by atoms with Crippen LogP contribution in [0.25, 0.3) is 0 Å². The van der Waals surface area contributed by atoms with Crippen LogP contribution in [0.1, 0.15) is 30.0 Å². The van der Waals surface area contributed by atoms with Crippen molar-refractivity contribution in [2.24, 2.45) is 0 Å². The van der Waals surface area contributed by atoms with E-state index in [-0.39, 0.29) is 11.8 Å². The SMILES string of the molecule is CNC(=O)C(C)N(Cc1ccccc1Cl)C(=O)CCc1ccc(C)cc1. The molecule has 4 nitrogen and oxygen atoms in total. The number of halogens is 1. The summed E-state index contributed by atoms with van der Waals surface area (Å²) in [4.78, 5) is 26.6. The van der Waals surface area contributed by atoms with Crippen molar-refractivity contribution in [3.63, 3.8) is 0 Å². The monoisotopic (exact) mass is 372 g/mol. The van der Waals surface area contributed by atoms with Gasteiger partial charge in [-0.3, -0.25) is 9.59 Å². The van der Waals surface area contributed by atoms with Crippen molar-refractivity contribution in [3.05, 3.63) is 70.2 Å². The Morgan fingerprint density at radius 2 is 1.77 bits per heavy atom. The van der Waals surface area contributed by atoms with Crippen molar-refractivity contribution in [3.8, 4) is 0 Å². The molecule has 1 unspecified atom stereocenters. The lowest BCUT2D eigenvalue weighted by atomic mass is 10.1. The van der Waals surface area contributed by atoms with Gasteiger partial charge in [0.25, 0.3) is 0 Å². The fraction of sp³-hybridized carbons (Fsp3) is 0.333. The van der Waals surface area contributed by atoms with Gasteiger partial charge >= 0.3 is 0 Å². The van der Waals surface area contributed by atoms with Gasteiger partial charge in [-0.1, -0.05) is 59.6 Å². The Morgan fingerprint density at radius 1 is 1.12 bits per heavy atom. The normalized spacial score (nSPS) is 11.7. The largest absolute Gasteiger partial charge is 0.357 e. The molecule has 2 aromatic rings. The van der Waals surface area contributed by atoms with E-state index in [1.54, 1.807) is 24.9 Å². The number of hydrogen-bond donors (Lipinski definition) is 1. The molecule has 0 radical (unpaired) electrons. The van der Waals surface area contributed by atoms with E-state index in [1.165, 1.54) is 5.56 Å². The topological polar surface area (TPSA) is 49.4 Å². The van der Waals surface area contributed by atoms with Crippen molar-refractivity contribution in [1.29, 1.82) is 0 Å². The fourth-order valence-corrected chi connectivity index (χ4v) is 2.95. The summed E-state index contributed by atoms with van der Waals surface area (Å²) in [5.41, 5.74) is 3.12. The highest BCUT2D eigenvalue weighted by molar-refractivity contribution is 6.31. The van der Waals surface area contributed by atoms with Gasteiger partial charge in [0.1, 0.15) is 6.04 Å². The van der Waals surface area contributed by atoms with Crippen LogP contribution < -0.4 is 5.32 Å². The highest BCUT2D eigenvalue weighted by Gasteiger charge is 2.25. The number of benzene rings is 2. The van der Waals surface area contributed by atoms with E-state index in [1.807, 2.05) is 49.4 Å². The van der Waals surface area contributed by atoms with Gasteiger partial charge in [-0.15, -0.1) is 0 Å². The van der Waals surface area contributed by atoms with Crippen LogP contribution in [-0.2, 0) is 22.6 Å². The summed E-state index contributed by atoms with van der Waals surface area (Å²) < 4.78 is 0. The summed E-state index contributed by atoms with van der Waals surface area (Å²) in [6, 6.07) is 14.9. The zero-order valence-electron chi connectivity index (χ0n) is 15.5. The van der Waals surface area contributed by atoms with Crippen molar-refractivity contribution >= 4 is 23.4 Å². The molecule has 0 saturated heterocycles. The molecule has 0 bridgehead atoms. The molecule has 0 heterocycles. The van der Waals surface area contributed by atoms with Gasteiger partial charge in [0.15, 0.2) is 0 Å². The first-order valence-electron chi connectivity index (χ1n) is 8.72. The quantitative estimate of drug-likeness (QED) is 0.804. The molecule has 1 atom stereocenters. The molecular formula is C21H25ClN2O2. The van der Waals surface area contributed by atoms with Gasteiger partial charge in [-0.25, -0.2) is 0 Å². The molecule has 0 fully saturated rings. The standard InChI is InChI=1S/C21H25ClN2O2/c1-15-8-10-17(11-9-15)12-13-20(25)24(16(2)21(26)23-3)14-18-6-4-5-7-19(18)22/h4-11,16H,12-14H2,1-3H3,(H,23,26). The van der Waals surface area contributed by atoms with Crippen LogP contribution in [0.3, 0.4) is 0 Å². The third kappa shape index (κ3) is 5.33. The molecule has 0 aliphatic rings. The molecule has 5 heteroatoms. The predicted molar refractivity (Wildman–Crippen MR) is 105 cm³/mol. The first kappa shape index (κ1) is 20.0.